The highest BCUT2D eigenvalue weighted by Gasteiger charge is 2.36. The van der Waals surface area contributed by atoms with Crippen molar-refractivity contribution in [1.82, 2.24) is 85.1 Å². The molecule has 2 aliphatic rings. The van der Waals surface area contributed by atoms with Crippen LogP contribution in [0.25, 0.3) is 0 Å². The monoisotopic (exact) mass is 1680 g/mol. The van der Waals surface area contributed by atoms with E-state index in [1.807, 2.05) is 20.8 Å². The van der Waals surface area contributed by atoms with Crippen LogP contribution < -0.4 is 102 Å². The smallest absolute Gasteiger partial charge is 0.243 e. The van der Waals surface area contributed by atoms with Crippen molar-refractivity contribution in [3.05, 3.63) is 0 Å². The van der Waals surface area contributed by atoms with Crippen molar-refractivity contribution in [2.45, 2.75) is 363 Å². The normalized spacial score (nSPS) is 21.8. The molecule has 2 saturated heterocycles. The first-order valence-corrected chi connectivity index (χ1v) is 41.9. The molecule has 2 rings (SSSR count). The van der Waals surface area contributed by atoms with Crippen LogP contribution in [0.15, 0.2) is 0 Å². The number of hydrogen-bond donors (Lipinski definition) is 19. The molecule has 0 bridgehead atoms. The Morgan fingerprint density at radius 1 is 0.280 bits per heavy atom. The van der Waals surface area contributed by atoms with Gasteiger partial charge in [0.15, 0.2) is 0 Å². The summed E-state index contributed by atoms with van der Waals surface area (Å²) in [6.45, 7) is 18.7. The zero-order valence-electron chi connectivity index (χ0n) is 70.3. The van der Waals surface area contributed by atoms with Gasteiger partial charge >= 0.3 is 0 Å². The fourth-order valence-electron chi connectivity index (χ4n) is 11.8. The number of carbonyl (C=O) groups excluding carboxylic acids is 16. The average Bonchev–Trinajstić information content (AvgIpc) is 0.857. The highest BCUT2D eigenvalue weighted by molar-refractivity contribution is 6.00. The molecule has 35 nitrogen and oxygen atoms in total. The molecule has 25 N–H and O–H groups in total. The highest BCUT2D eigenvalue weighted by Crippen LogP contribution is 2.14. The number of hydrogen-bond acceptors (Lipinski definition) is 16. The third-order valence-corrected chi connectivity index (χ3v) is 18.8. The molecular formula is C83H156N19O16+3. The van der Waals surface area contributed by atoms with Crippen LogP contribution in [0.5, 0.6) is 0 Å². The first-order valence-electron chi connectivity index (χ1n) is 41.9. The van der Waals surface area contributed by atoms with Crippen molar-refractivity contribution in [3.63, 3.8) is 0 Å². The third-order valence-electron chi connectivity index (χ3n) is 18.8. The lowest BCUT2D eigenvalue weighted by atomic mass is 10.0. The minimum Gasteiger partial charge on any atom is -0.358 e. The van der Waals surface area contributed by atoms with Crippen LogP contribution in [0.2, 0.25) is 0 Å². The molecule has 2 aliphatic heterocycles. The molecule has 2 heterocycles. The van der Waals surface area contributed by atoms with Crippen LogP contribution in [-0.4, -0.2) is 213 Å². The van der Waals surface area contributed by atoms with E-state index in [9.17, 15) is 76.7 Å². The molecule has 0 aromatic rings. The molecule has 35 heteroatoms. The Balaban J connectivity index is -0.00000104. The maximum atomic E-state index is 13.9. The first-order chi connectivity index (χ1) is 54.9. The van der Waals surface area contributed by atoms with Crippen LogP contribution in [0.1, 0.15) is 290 Å². The largest absolute Gasteiger partial charge is 0.358 e. The van der Waals surface area contributed by atoms with Gasteiger partial charge in [0, 0.05) is 38.8 Å². The fraction of sp³-hybridized carbons (Fsp3) is 0.759. The minimum atomic E-state index is -1.13. The number of rotatable bonds is 42. The predicted molar refractivity (Wildman–Crippen MR) is 455 cm³/mol. The van der Waals surface area contributed by atoms with E-state index in [1.165, 1.54) is 34.1 Å². The fourth-order valence-corrected chi connectivity index (χ4v) is 11.8. The molecule has 676 valence electrons. The van der Waals surface area contributed by atoms with Gasteiger partial charge in [-0.3, -0.25) is 76.7 Å². The van der Waals surface area contributed by atoms with Crippen molar-refractivity contribution in [1.29, 1.82) is 0 Å². The van der Waals surface area contributed by atoms with Gasteiger partial charge in [-0.1, -0.05) is 133 Å². The molecule has 0 unspecified atom stereocenters. The summed E-state index contributed by atoms with van der Waals surface area (Å²) in [5.74, 6) is -3.99. The maximum Gasteiger partial charge on any atom is 0.243 e. The summed E-state index contributed by atoms with van der Waals surface area (Å²) in [7, 11) is 0. The number of unbranched alkanes of at least 4 members (excludes halogenated alkanes) is 11. The summed E-state index contributed by atoms with van der Waals surface area (Å²) >= 11 is 0. The van der Waals surface area contributed by atoms with Crippen molar-refractivity contribution in [2.24, 2.45) is 0 Å². The molecule has 118 heavy (non-hydrogen) atoms. The Kier molecular flexibility index (Phi) is 68.6. The molecule has 0 radical (unpaired) electrons. The zero-order chi connectivity index (χ0) is 86.5. The van der Waals surface area contributed by atoms with Gasteiger partial charge in [0.05, 0.1) is 32.7 Å². The Hall–Kier alpha value is -9.48. The van der Waals surface area contributed by atoms with E-state index in [2.05, 4.69) is 128 Å². The number of terminal acetylenes is 2. The second-order valence-electron chi connectivity index (χ2n) is 29.3. The van der Waals surface area contributed by atoms with Crippen molar-refractivity contribution in [2.75, 3.05) is 45.8 Å². The molecule has 0 saturated carbocycles. The van der Waals surface area contributed by atoms with E-state index in [0.717, 1.165) is 38.5 Å². The van der Waals surface area contributed by atoms with Gasteiger partial charge in [0.25, 0.3) is 0 Å². The van der Waals surface area contributed by atoms with E-state index in [1.54, 1.807) is 0 Å². The lowest BCUT2D eigenvalue weighted by Gasteiger charge is -2.28. The summed E-state index contributed by atoms with van der Waals surface area (Å²) in [4.78, 5) is 211. The Morgan fingerprint density at radius 3 is 0.636 bits per heavy atom. The summed E-state index contributed by atoms with van der Waals surface area (Å²) < 4.78 is 0. The molecule has 12 atom stereocenters. The topological polar surface area (TPSA) is 549 Å². The molecule has 2 fully saturated rings. The maximum absolute atomic E-state index is 13.9. The molecular weight excluding hydrogens is 1520 g/mol. The second kappa shape index (κ2) is 70.5. The molecule has 0 spiro atoms. The van der Waals surface area contributed by atoms with Gasteiger partial charge in [-0.25, -0.2) is 0 Å². The number of nitrogens with one attached hydrogen (secondary N) is 16. The van der Waals surface area contributed by atoms with Crippen LogP contribution in [0, 0.1) is 24.7 Å². The first kappa shape index (κ1) is 115. The van der Waals surface area contributed by atoms with E-state index in [4.69, 9.17) is 12.8 Å². The minimum absolute atomic E-state index is 0. The third kappa shape index (κ3) is 52.3. The van der Waals surface area contributed by atoms with Gasteiger partial charge < -0.3 is 102 Å². The van der Waals surface area contributed by atoms with Crippen molar-refractivity contribution in [3.8, 4) is 24.7 Å². The lowest BCUT2D eigenvalue weighted by Crippen LogP contribution is -2.61. The summed E-state index contributed by atoms with van der Waals surface area (Å²) in [6, 6.07) is -12.7. The number of carbonyl (C=O) groups is 16. The van der Waals surface area contributed by atoms with Gasteiger partial charge in [-0.15, -0.1) is 12.8 Å². The zero-order valence-corrected chi connectivity index (χ0v) is 70.3. The average molecular weight is 1680 g/mol. The highest BCUT2D eigenvalue weighted by atomic mass is 16.2. The lowest BCUT2D eigenvalue weighted by molar-refractivity contribution is -0.368. The van der Waals surface area contributed by atoms with Crippen LogP contribution in [-0.2, 0) is 76.7 Å². The van der Waals surface area contributed by atoms with Crippen molar-refractivity contribution < 1.29 is 93.9 Å². The quantitative estimate of drug-likeness (QED) is 0.0279. The van der Waals surface area contributed by atoms with E-state index < -0.39 is 143 Å². The van der Waals surface area contributed by atoms with Gasteiger partial charge in [0.1, 0.15) is 72.5 Å². The summed E-state index contributed by atoms with van der Waals surface area (Å²) in [5.41, 5.74) is 11.5. The molecule has 16 amide bonds. The van der Waals surface area contributed by atoms with Crippen LogP contribution in [0.4, 0.5) is 0 Å². The number of amides is 16. The van der Waals surface area contributed by atoms with Crippen LogP contribution in [0.3, 0.4) is 0 Å². The van der Waals surface area contributed by atoms with Gasteiger partial charge in [0.2, 0.25) is 94.5 Å². The molecule has 0 aromatic heterocycles. The summed E-state index contributed by atoms with van der Waals surface area (Å²) in [5, 5.41) is 43.2. The standard InChI is InChI=1S/C40H68N8O8.C37H65N11O8.C3H8.3CH4/c1-7-11-14-19-29-37(53)43-28(6)36(52)46-31(21-16-13-9-3)39(55)48-32(22-17-18-26-42-34(50)24-23-33(49)41-25-10-4)40(56)47-30(20-15-12-8-2)38(54)44-27(5)35(51)45-29;1-4-22-41-30(49)17-18-31(50)42-23-12-8-16-29-37(56)47-27(14-6-10-20-39)35(54)44-24(2)32(51)45-26(13-5-9-19-38)34(53)43-25(3)33(52)46-28(36(55)48-29)15-7-11-21-40;1-3-2;;;/h4,27-32H,7-9,11-26H2,1-3,5-6H3,(H,41,49)(H,42,50)(H,43,53)(H,44,54)(H,45,51)(H,46,52)(H,47,56)(H,48,55);1,24-29H,5-23,38-40H2,2-3H3,(H,41,49)(H,42,50)(H,43,53)(H,44,54)(H,45,51)(H,46,52)(H,47,56)(H,48,55);3H2,1-2H3;3*1H4/p+3/t27-,28-,29+,30+,31+,32-;24-,25-,26+,27+,28+,29-;;;;/m11..../s1. The Morgan fingerprint density at radius 2 is 0.449 bits per heavy atom. The van der Waals surface area contributed by atoms with E-state index >= 15 is 0 Å². The Labute approximate surface area is 703 Å². The van der Waals surface area contributed by atoms with Gasteiger partial charge in [-0.05, 0) is 143 Å². The predicted octanol–water partition coefficient (Wildman–Crippen LogP) is -0.168. The van der Waals surface area contributed by atoms with Crippen molar-refractivity contribution >= 4 is 94.5 Å². The Bertz CT molecular complexity index is 2880. The van der Waals surface area contributed by atoms with E-state index in [0.29, 0.717) is 110 Å². The molecule has 0 aromatic carbocycles. The number of quaternary nitrogens is 3. The second-order valence-corrected chi connectivity index (χ2v) is 29.3. The summed E-state index contributed by atoms with van der Waals surface area (Å²) in [6.07, 6.45) is 25.5. The van der Waals surface area contributed by atoms with Crippen LogP contribution >= 0.6 is 0 Å². The SMILES string of the molecule is C.C.C.C#CCNC(=O)CCC(=O)NCCCC[C@H]1NC(=O)[C@H](CCCCC)NC(=O)[C@@H](C)NC(=O)[C@H](CCCCC)NC(=O)[C@@H](C)NC(=O)[C@H](CCCCC)NC1=O.C#CCNC(=O)CCC(=O)NCCCC[C@H]1NC(=O)[C@H](CCCC[NH3+])NC(=O)[C@@H](C)NC(=O)[C@H](CCCC[NH3+])NC(=O)[C@@H](C)NC(=O)[C@H](CCCC[NH3+])NC1=O.CCC. The molecule has 0 aliphatic carbocycles. The van der Waals surface area contributed by atoms with Gasteiger partial charge in [-0.2, -0.15) is 0 Å². The van der Waals surface area contributed by atoms with E-state index in [-0.39, 0.29) is 143 Å².